The molecule has 0 amide bonds. The Balaban J connectivity index is 0.000000399. The van der Waals surface area contributed by atoms with E-state index in [-0.39, 0.29) is 12.2 Å². The van der Waals surface area contributed by atoms with E-state index in [9.17, 15) is 9.18 Å². The molecular weight excluding hydrogens is 233 g/mol. The van der Waals surface area contributed by atoms with Crippen LogP contribution in [0.15, 0.2) is 24.3 Å². The molecule has 1 fully saturated rings. The van der Waals surface area contributed by atoms with E-state index in [4.69, 9.17) is 5.11 Å². The number of carboxylic acids is 1. The average molecular weight is 251 g/mol. The van der Waals surface area contributed by atoms with Gasteiger partial charge in [0.1, 0.15) is 5.82 Å². The predicted octanol–water partition coefficient (Wildman–Crippen LogP) is 2.07. The van der Waals surface area contributed by atoms with Crippen molar-refractivity contribution < 1.29 is 14.3 Å². The fraction of sp³-hybridized carbons (Fsp3) is 0.357. The van der Waals surface area contributed by atoms with Crippen LogP contribution in [0, 0.1) is 18.7 Å². The second-order valence-electron chi connectivity index (χ2n) is 3.62. The Hall–Kier alpha value is -1.86. The largest absolute Gasteiger partial charge is 0.481 e. The van der Waals surface area contributed by atoms with Gasteiger partial charge in [-0.15, -0.1) is 12.8 Å². The second kappa shape index (κ2) is 10.3. The standard InChI is InChI=1S/C9H9FO2.C3H7N.C2H2/c10-8-4-1-7(2-5-8)3-6-9(11)12;1-2-4-3-1;1-2/h1-2,4-5H,3,6H2,(H,11,12);4H,1-3H2;1-2H. The Labute approximate surface area is 107 Å². The Morgan fingerprint density at radius 2 is 1.72 bits per heavy atom. The molecule has 2 N–H and O–H groups in total. The lowest BCUT2D eigenvalue weighted by Crippen LogP contribution is -2.29. The summed E-state index contributed by atoms with van der Waals surface area (Å²) in [5.74, 6) is -1.13. The number of hydrogen-bond acceptors (Lipinski definition) is 2. The van der Waals surface area contributed by atoms with Crippen molar-refractivity contribution in [2.45, 2.75) is 19.3 Å². The quantitative estimate of drug-likeness (QED) is 0.809. The normalized spacial score (nSPS) is 11.9. The zero-order valence-electron chi connectivity index (χ0n) is 10.2. The molecule has 1 heterocycles. The third kappa shape index (κ3) is 8.31. The molecule has 98 valence electrons. The number of aliphatic carboxylic acids is 1. The van der Waals surface area contributed by atoms with Crippen LogP contribution < -0.4 is 5.32 Å². The van der Waals surface area contributed by atoms with Crippen LogP contribution in [0.1, 0.15) is 18.4 Å². The number of nitrogens with one attached hydrogen (secondary N) is 1. The summed E-state index contributed by atoms with van der Waals surface area (Å²) in [7, 11) is 0. The molecule has 0 saturated carbocycles. The maximum Gasteiger partial charge on any atom is 0.303 e. The van der Waals surface area contributed by atoms with E-state index >= 15 is 0 Å². The van der Waals surface area contributed by atoms with Crippen molar-refractivity contribution >= 4 is 5.97 Å². The van der Waals surface area contributed by atoms with E-state index in [2.05, 4.69) is 18.2 Å². The summed E-state index contributed by atoms with van der Waals surface area (Å²) in [5.41, 5.74) is 0.846. The highest BCUT2D eigenvalue weighted by atomic mass is 19.1. The van der Waals surface area contributed by atoms with E-state index in [1.54, 1.807) is 12.1 Å². The molecule has 0 spiro atoms. The first-order chi connectivity index (χ1) is 8.68. The molecule has 18 heavy (non-hydrogen) atoms. The van der Waals surface area contributed by atoms with Gasteiger partial charge in [-0.05, 0) is 43.6 Å². The molecule has 0 unspecified atom stereocenters. The van der Waals surface area contributed by atoms with Crippen molar-refractivity contribution in [1.82, 2.24) is 5.32 Å². The molecule has 0 aliphatic carbocycles. The highest BCUT2D eigenvalue weighted by molar-refractivity contribution is 5.67. The Kier molecular flexibility index (Phi) is 9.24. The van der Waals surface area contributed by atoms with Gasteiger partial charge in [-0.1, -0.05) is 12.1 Å². The monoisotopic (exact) mass is 251 g/mol. The van der Waals surface area contributed by atoms with Gasteiger partial charge in [0.15, 0.2) is 0 Å². The highest BCUT2D eigenvalue weighted by Crippen LogP contribution is 2.04. The third-order valence-electron chi connectivity index (χ3n) is 2.25. The third-order valence-corrected chi connectivity index (χ3v) is 2.25. The van der Waals surface area contributed by atoms with Crippen LogP contribution in [0.5, 0.6) is 0 Å². The first-order valence-electron chi connectivity index (χ1n) is 5.69. The van der Waals surface area contributed by atoms with E-state index in [1.807, 2.05) is 0 Å². The van der Waals surface area contributed by atoms with Gasteiger partial charge in [-0.3, -0.25) is 4.79 Å². The Bertz CT molecular complexity index is 352. The Morgan fingerprint density at radius 3 is 2.06 bits per heavy atom. The van der Waals surface area contributed by atoms with Crippen LogP contribution in [0.4, 0.5) is 4.39 Å². The lowest BCUT2D eigenvalue weighted by Gasteiger charge is -2.09. The molecule has 0 atom stereocenters. The number of carboxylic acid groups (broad SMARTS) is 1. The van der Waals surface area contributed by atoms with Crippen molar-refractivity contribution in [3.8, 4) is 12.8 Å². The summed E-state index contributed by atoms with van der Waals surface area (Å²) in [6.07, 6.45) is 9.93. The topological polar surface area (TPSA) is 49.3 Å². The van der Waals surface area contributed by atoms with Gasteiger partial charge in [0.05, 0.1) is 0 Å². The van der Waals surface area contributed by atoms with E-state index in [1.165, 1.54) is 31.6 Å². The first kappa shape index (κ1) is 16.1. The van der Waals surface area contributed by atoms with Gasteiger partial charge in [-0.2, -0.15) is 0 Å². The van der Waals surface area contributed by atoms with Gasteiger partial charge in [0, 0.05) is 6.42 Å². The van der Waals surface area contributed by atoms with Gasteiger partial charge >= 0.3 is 5.97 Å². The first-order valence-corrected chi connectivity index (χ1v) is 5.69. The fourth-order valence-corrected chi connectivity index (χ4v) is 1.08. The minimum absolute atomic E-state index is 0.0889. The fourth-order valence-electron chi connectivity index (χ4n) is 1.08. The van der Waals surface area contributed by atoms with Crippen molar-refractivity contribution in [2.75, 3.05) is 13.1 Å². The Morgan fingerprint density at radius 1 is 1.28 bits per heavy atom. The number of carbonyl (C=O) groups is 1. The van der Waals surface area contributed by atoms with Crippen LogP contribution >= 0.6 is 0 Å². The number of aryl methyl sites for hydroxylation is 1. The van der Waals surface area contributed by atoms with Gasteiger partial charge in [0.2, 0.25) is 0 Å². The van der Waals surface area contributed by atoms with Gasteiger partial charge in [0.25, 0.3) is 0 Å². The molecule has 1 saturated heterocycles. The number of terminal acetylenes is 1. The van der Waals surface area contributed by atoms with Crippen molar-refractivity contribution in [2.24, 2.45) is 0 Å². The summed E-state index contributed by atoms with van der Waals surface area (Å²) in [6, 6.07) is 5.85. The van der Waals surface area contributed by atoms with Crippen molar-refractivity contribution in [3.63, 3.8) is 0 Å². The van der Waals surface area contributed by atoms with E-state index in [0.717, 1.165) is 5.56 Å². The molecule has 1 aliphatic heterocycles. The van der Waals surface area contributed by atoms with E-state index in [0.29, 0.717) is 6.42 Å². The summed E-state index contributed by atoms with van der Waals surface area (Å²) in [5, 5.41) is 11.5. The molecule has 1 aliphatic rings. The van der Waals surface area contributed by atoms with Gasteiger partial charge < -0.3 is 10.4 Å². The summed E-state index contributed by atoms with van der Waals surface area (Å²) >= 11 is 0. The minimum atomic E-state index is -0.834. The molecular formula is C14H18FNO2. The van der Waals surface area contributed by atoms with Crippen LogP contribution in [0.3, 0.4) is 0 Å². The van der Waals surface area contributed by atoms with Crippen LogP contribution in [0.2, 0.25) is 0 Å². The van der Waals surface area contributed by atoms with E-state index < -0.39 is 5.97 Å². The summed E-state index contributed by atoms with van der Waals surface area (Å²) in [4.78, 5) is 10.2. The molecule has 1 aromatic carbocycles. The second-order valence-corrected chi connectivity index (χ2v) is 3.62. The van der Waals surface area contributed by atoms with Crippen LogP contribution in [-0.2, 0) is 11.2 Å². The molecule has 1 aromatic rings. The number of hydrogen-bond donors (Lipinski definition) is 2. The SMILES string of the molecule is C#C.C1CNC1.O=C(O)CCc1ccc(F)cc1. The minimum Gasteiger partial charge on any atom is -0.481 e. The molecule has 0 bridgehead atoms. The number of rotatable bonds is 3. The number of benzene rings is 1. The molecule has 3 nitrogen and oxygen atoms in total. The molecule has 2 rings (SSSR count). The summed E-state index contributed by atoms with van der Waals surface area (Å²) in [6.45, 7) is 2.50. The molecule has 0 radical (unpaired) electrons. The number of halogens is 1. The van der Waals surface area contributed by atoms with Crippen molar-refractivity contribution in [1.29, 1.82) is 0 Å². The van der Waals surface area contributed by atoms with Crippen LogP contribution in [0.25, 0.3) is 0 Å². The maximum atomic E-state index is 12.4. The predicted molar refractivity (Wildman–Crippen MR) is 69.7 cm³/mol. The zero-order chi connectivity index (χ0) is 13.8. The van der Waals surface area contributed by atoms with Crippen LogP contribution in [-0.4, -0.2) is 24.2 Å². The smallest absolute Gasteiger partial charge is 0.303 e. The highest BCUT2D eigenvalue weighted by Gasteiger charge is 1.98. The van der Waals surface area contributed by atoms with Gasteiger partial charge in [-0.25, -0.2) is 4.39 Å². The zero-order valence-corrected chi connectivity index (χ0v) is 10.2. The lowest BCUT2D eigenvalue weighted by molar-refractivity contribution is -0.136. The summed E-state index contributed by atoms with van der Waals surface area (Å²) < 4.78 is 12.4. The average Bonchev–Trinajstić information content (AvgIpc) is 2.29. The maximum absolute atomic E-state index is 12.4. The molecule has 0 aromatic heterocycles. The lowest BCUT2D eigenvalue weighted by atomic mass is 10.1. The van der Waals surface area contributed by atoms with Crippen molar-refractivity contribution in [3.05, 3.63) is 35.6 Å². The molecule has 4 heteroatoms.